The van der Waals surface area contributed by atoms with Gasteiger partial charge in [0.05, 0.1) is 5.56 Å². The first-order valence-corrected chi connectivity index (χ1v) is 4.03. The minimum atomic E-state index is -0.872. The fourth-order valence-electron chi connectivity index (χ4n) is 1.17. The van der Waals surface area contributed by atoms with Crippen LogP contribution in [-0.2, 0) is 0 Å². The van der Waals surface area contributed by atoms with Crippen molar-refractivity contribution >= 4 is 41.2 Å². The molecule has 0 fully saturated rings. The van der Waals surface area contributed by atoms with Gasteiger partial charge >= 0.3 is 5.97 Å². The normalized spacial score (nSPS) is 9.07. The molecule has 0 unspecified atom stereocenters. The number of hydrogen-bond donors (Lipinski definition) is 1. The molecule has 1 aromatic rings. The summed E-state index contributed by atoms with van der Waals surface area (Å²) in [6, 6.07) is 5.30. The number of nitrogens with zero attached hydrogens (tertiary/aromatic N) is 1. The molecular formula is C10H13NNaO2. The van der Waals surface area contributed by atoms with Crippen LogP contribution in [0, 0.1) is 6.92 Å². The zero-order valence-corrected chi connectivity index (χ0v) is 11.0. The van der Waals surface area contributed by atoms with Crippen LogP contribution in [0.25, 0.3) is 0 Å². The molecule has 0 spiro atoms. The van der Waals surface area contributed by atoms with Crippen LogP contribution in [0.3, 0.4) is 0 Å². The Hall–Kier alpha value is -0.510. The Kier molecular flexibility index (Phi) is 5.19. The fraction of sp³-hybridized carbons (Fsp3) is 0.300. The van der Waals surface area contributed by atoms with Crippen molar-refractivity contribution in [2.75, 3.05) is 19.0 Å². The van der Waals surface area contributed by atoms with Crippen LogP contribution < -0.4 is 4.90 Å². The summed E-state index contributed by atoms with van der Waals surface area (Å²) in [7, 11) is 3.85. The van der Waals surface area contributed by atoms with Gasteiger partial charge in [-0.05, 0) is 30.7 Å². The average molecular weight is 202 g/mol. The number of aromatic carboxylic acids is 1. The Morgan fingerprint density at radius 3 is 2.29 bits per heavy atom. The van der Waals surface area contributed by atoms with E-state index in [1.165, 1.54) is 0 Å². The molecule has 0 heterocycles. The number of carbonyl (C=O) groups is 1. The monoisotopic (exact) mass is 202 g/mol. The molecule has 0 aliphatic rings. The predicted octanol–water partition coefficient (Wildman–Crippen LogP) is 1.38. The summed E-state index contributed by atoms with van der Waals surface area (Å²) < 4.78 is 0. The van der Waals surface area contributed by atoms with Crippen molar-refractivity contribution in [1.29, 1.82) is 0 Å². The number of benzene rings is 1. The van der Waals surface area contributed by atoms with Crippen LogP contribution in [0.2, 0.25) is 0 Å². The Morgan fingerprint density at radius 1 is 1.36 bits per heavy atom. The summed E-state index contributed by atoms with van der Waals surface area (Å²) in [6.07, 6.45) is 0. The third-order valence-corrected chi connectivity index (χ3v) is 1.96. The standard InChI is InChI=1S/C10H13NO2.Na/c1-7-6-8(11(2)3)4-5-9(7)10(12)13;/h4-6H,1-3H3,(H,12,13);. The number of anilines is 1. The van der Waals surface area contributed by atoms with Gasteiger partial charge < -0.3 is 10.0 Å². The van der Waals surface area contributed by atoms with E-state index in [4.69, 9.17) is 5.11 Å². The number of rotatable bonds is 2. The maximum absolute atomic E-state index is 10.7. The third-order valence-electron chi connectivity index (χ3n) is 1.96. The molecule has 1 radical (unpaired) electrons. The predicted molar refractivity (Wildman–Crippen MR) is 58.2 cm³/mol. The van der Waals surface area contributed by atoms with Gasteiger partial charge in [0.2, 0.25) is 0 Å². The van der Waals surface area contributed by atoms with E-state index in [9.17, 15) is 4.79 Å². The number of hydrogen-bond acceptors (Lipinski definition) is 2. The Morgan fingerprint density at radius 2 is 1.93 bits per heavy atom. The van der Waals surface area contributed by atoms with Crippen LogP contribution >= 0.6 is 0 Å². The molecule has 0 saturated carbocycles. The van der Waals surface area contributed by atoms with Gasteiger partial charge in [-0.25, -0.2) is 4.79 Å². The van der Waals surface area contributed by atoms with E-state index < -0.39 is 5.97 Å². The molecular weight excluding hydrogens is 189 g/mol. The summed E-state index contributed by atoms with van der Waals surface area (Å²) in [6.45, 7) is 1.80. The summed E-state index contributed by atoms with van der Waals surface area (Å²) in [4.78, 5) is 12.6. The van der Waals surface area contributed by atoms with E-state index in [2.05, 4.69) is 0 Å². The smallest absolute Gasteiger partial charge is 0.335 e. The maximum Gasteiger partial charge on any atom is 0.335 e. The zero-order valence-electron chi connectivity index (χ0n) is 9.03. The molecule has 3 nitrogen and oxygen atoms in total. The molecule has 1 rings (SSSR count). The van der Waals surface area contributed by atoms with E-state index in [0.29, 0.717) is 5.56 Å². The average Bonchev–Trinajstić information content (AvgIpc) is 2.03. The van der Waals surface area contributed by atoms with E-state index >= 15 is 0 Å². The quantitative estimate of drug-likeness (QED) is 0.736. The van der Waals surface area contributed by atoms with Crippen LogP contribution in [0.15, 0.2) is 18.2 Å². The molecule has 14 heavy (non-hydrogen) atoms. The largest absolute Gasteiger partial charge is 0.478 e. The van der Waals surface area contributed by atoms with Crippen LogP contribution in [0.5, 0.6) is 0 Å². The first kappa shape index (κ1) is 13.5. The van der Waals surface area contributed by atoms with Crippen molar-refractivity contribution in [3.05, 3.63) is 29.3 Å². The van der Waals surface area contributed by atoms with Crippen LogP contribution in [-0.4, -0.2) is 54.7 Å². The van der Waals surface area contributed by atoms with Gasteiger partial charge in [-0.3, -0.25) is 0 Å². The number of carboxylic acids is 1. The Balaban J connectivity index is 0.00000169. The Labute approximate surface area is 106 Å². The molecule has 0 atom stereocenters. The summed E-state index contributed by atoms with van der Waals surface area (Å²) >= 11 is 0. The molecule has 0 aliphatic carbocycles. The molecule has 0 amide bonds. The minimum Gasteiger partial charge on any atom is -0.478 e. The van der Waals surface area contributed by atoms with Gasteiger partial charge in [-0.1, -0.05) is 0 Å². The minimum absolute atomic E-state index is 0. The van der Waals surface area contributed by atoms with Gasteiger partial charge in [0.15, 0.2) is 0 Å². The van der Waals surface area contributed by atoms with Crippen LogP contribution in [0.4, 0.5) is 5.69 Å². The first-order valence-electron chi connectivity index (χ1n) is 4.03. The maximum atomic E-state index is 10.7. The zero-order chi connectivity index (χ0) is 10.0. The van der Waals surface area contributed by atoms with Crippen molar-refractivity contribution in [2.24, 2.45) is 0 Å². The molecule has 1 N–H and O–H groups in total. The van der Waals surface area contributed by atoms with Crippen molar-refractivity contribution in [1.82, 2.24) is 0 Å². The van der Waals surface area contributed by atoms with Crippen molar-refractivity contribution in [3.8, 4) is 0 Å². The summed E-state index contributed by atoms with van der Waals surface area (Å²) in [5.74, 6) is -0.872. The van der Waals surface area contributed by atoms with E-state index in [0.717, 1.165) is 11.3 Å². The SMILES string of the molecule is Cc1cc(N(C)C)ccc1C(=O)O.[Na]. The van der Waals surface area contributed by atoms with Crippen molar-refractivity contribution < 1.29 is 9.90 Å². The van der Waals surface area contributed by atoms with Gasteiger partial charge in [0.1, 0.15) is 0 Å². The summed E-state index contributed by atoms with van der Waals surface area (Å²) in [5, 5.41) is 8.78. The number of aryl methyl sites for hydroxylation is 1. The topological polar surface area (TPSA) is 40.5 Å². The molecule has 1 aromatic carbocycles. The second-order valence-corrected chi connectivity index (χ2v) is 3.20. The van der Waals surface area contributed by atoms with E-state index in [1.807, 2.05) is 25.1 Å². The Bertz CT molecular complexity index is 337. The fourth-order valence-corrected chi connectivity index (χ4v) is 1.17. The first-order chi connectivity index (χ1) is 6.02. The van der Waals surface area contributed by atoms with Crippen LogP contribution in [0.1, 0.15) is 15.9 Å². The third kappa shape index (κ3) is 3.01. The van der Waals surface area contributed by atoms with E-state index in [1.54, 1.807) is 19.1 Å². The van der Waals surface area contributed by atoms with Gasteiger partial charge in [-0.2, -0.15) is 0 Å². The second-order valence-electron chi connectivity index (χ2n) is 3.20. The second kappa shape index (κ2) is 5.39. The number of carboxylic acid groups (broad SMARTS) is 1. The molecule has 0 saturated heterocycles. The van der Waals surface area contributed by atoms with E-state index in [-0.39, 0.29) is 29.6 Å². The molecule has 71 valence electrons. The molecule has 0 aromatic heterocycles. The van der Waals surface area contributed by atoms with Gasteiger partial charge in [0.25, 0.3) is 0 Å². The summed E-state index contributed by atoms with van der Waals surface area (Å²) in [5.41, 5.74) is 2.17. The molecule has 4 heteroatoms. The molecule has 0 aliphatic heterocycles. The van der Waals surface area contributed by atoms with Crippen molar-refractivity contribution in [3.63, 3.8) is 0 Å². The van der Waals surface area contributed by atoms with Gasteiger partial charge in [0, 0.05) is 49.3 Å². The molecule has 0 bridgehead atoms. The van der Waals surface area contributed by atoms with Gasteiger partial charge in [-0.15, -0.1) is 0 Å². The van der Waals surface area contributed by atoms with Crippen molar-refractivity contribution in [2.45, 2.75) is 6.92 Å².